The lowest BCUT2D eigenvalue weighted by Crippen LogP contribution is -2.43. The molecule has 1 aliphatic carbocycles. The Hall–Kier alpha value is -0.730. The highest BCUT2D eigenvalue weighted by molar-refractivity contribution is 5.74. The van der Waals surface area contributed by atoms with Crippen molar-refractivity contribution in [2.45, 2.75) is 51.5 Å². The molecule has 0 radical (unpaired) electrons. The maximum absolute atomic E-state index is 11.8. The van der Waals surface area contributed by atoms with Crippen molar-refractivity contribution in [3.05, 3.63) is 0 Å². The summed E-state index contributed by atoms with van der Waals surface area (Å²) in [4.78, 5) is 13.8. The molecule has 2 aliphatic rings. The normalized spacial score (nSPS) is 22.9. The summed E-state index contributed by atoms with van der Waals surface area (Å²) >= 11 is 0. The van der Waals surface area contributed by atoms with Crippen molar-refractivity contribution < 1.29 is 4.79 Å². The SMILES string of the molecule is CCC(CC1CC1)NC(=O)N1CCCC1. The van der Waals surface area contributed by atoms with Crippen molar-refractivity contribution in [1.29, 1.82) is 0 Å². The number of rotatable bonds is 4. The minimum absolute atomic E-state index is 0.167. The summed E-state index contributed by atoms with van der Waals surface area (Å²) in [6, 6.07) is 0.575. The number of likely N-dealkylation sites (tertiary alicyclic amines) is 1. The van der Waals surface area contributed by atoms with Gasteiger partial charge in [0, 0.05) is 19.1 Å². The van der Waals surface area contributed by atoms with Crippen LogP contribution in [0.15, 0.2) is 0 Å². The van der Waals surface area contributed by atoms with Gasteiger partial charge in [0.1, 0.15) is 0 Å². The maximum atomic E-state index is 11.8. The van der Waals surface area contributed by atoms with Crippen molar-refractivity contribution in [3.8, 4) is 0 Å². The largest absolute Gasteiger partial charge is 0.335 e. The van der Waals surface area contributed by atoms with Crippen LogP contribution in [0, 0.1) is 5.92 Å². The fourth-order valence-electron chi connectivity index (χ4n) is 2.27. The lowest BCUT2D eigenvalue weighted by molar-refractivity contribution is 0.203. The van der Waals surface area contributed by atoms with Crippen molar-refractivity contribution in [2.75, 3.05) is 13.1 Å². The van der Waals surface area contributed by atoms with Gasteiger partial charge in [-0.05, 0) is 31.6 Å². The molecule has 2 rings (SSSR count). The Morgan fingerprint density at radius 2 is 2.07 bits per heavy atom. The average molecular weight is 210 g/mol. The molecule has 15 heavy (non-hydrogen) atoms. The lowest BCUT2D eigenvalue weighted by Gasteiger charge is -2.22. The number of nitrogens with one attached hydrogen (secondary N) is 1. The molecular formula is C12H22N2O. The van der Waals surface area contributed by atoms with Gasteiger partial charge >= 0.3 is 6.03 Å². The summed E-state index contributed by atoms with van der Waals surface area (Å²) in [5, 5.41) is 3.17. The van der Waals surface area contributed by atoms with Gasteiger partial charge < -0.3 is 10.2 Å². The van der Waals surface area contributed by atoms with E-state index in [0.717, 1.165) is 25.4 Å². The van der Waals surface area contributed by atoms with Gasteiger partial charge in [-0.2, -0.15) is 0 Å². The molecule has 1 unspecified atom stereocenters. The van der Waals surface area contributed by atoms with E-state index in [4.69, 9.17) is 0 Å². The number of urea groups is 1. The molecule has 2 fully saturated rings. The second-order valence-corrected chi connectivity index (χ2v) is 4.93. The van der Waals surface area contributed by atoms with Crippen molar-refractivity contribution >= 4 is 6.03 Å². The van der Waals surface area contributed by atoms with Crippen molar-refractivity contribution in [1.82, 2.24) is 10.2 Å². The van der Waals surface area contributed by atoms with E-state index in [9.17, 15) is 4.79 Å². The van der Waals surface area contributed by atoms with Crippen LogP contribution in [0.4, 0.5) is 4.79 Å². The van der Waals surface area contributed by atoms with Gasteiger partial charge in [0.15, 0.2) is 0 Å². The molecular weight excluding hydrogens is 188 g/mol. The van der Waals surface area contributed by atoms with Gasteiger partial charge in [-0.15, -0.1) is 0 Å². The highest BCUT2D eigenvalue weighted by Gasteiger charge is 2.27. The first-order chi connectivity index (χ1) is 7.29. The quantitative estimate of drug-likeness (QED) is 0.759. The monoisotopic (exact) mass is 210 g/mol. The third-order valence-electron chi connectivity index (χ3n) is 3.53. The Bertz CT molecular complexity index is 220. The highest BCUT2D eigenvalue weighted by atomic mass is 16.2. The van der Waals surface area contributed by atoms with Gasteiger partial charge in [-0.3, -0.25) is 0 Å². The summed E-state index contributed by atoms with van der Waals surface area (Å²) in [7, 11) is 0. The van der Waals surface area contributed by atoms with Crippen LogP contribution in [0.5, 0.6) is 0 Å². The number of hydrogen-bond donors (Lipinski definition) is 1. The van der Waals surface area contributed by atoms with Crippen LogP contribution < -0.4 is 5.32 Å². The fourth-order valence-corrected chi connectivity index (χ4v) is 2.27. The second-order valence-electron chi connectivity index (χ2n) is 4.93. The summed E-state index contributed by atoms with van der Waals surface area (Å²) in [6.45, 7) is 4.06. The number of carbonyl (C=O) groups is 1. The van der Waals surface area contributed by atoms with E-state index in [2.05, 4.69) is 12.2 Å². The Labute approximate surface area is 92.2 Å². The minimum atomic E-state index is 0.167. The molecule has 1 saturated heterocycles. The van der Waals surface area contributed by atoms with E-state index in [1.54, 1.807) is 0 Å². The number of hydrogen-bond acceptors (Lipinski definition) is 1. The van der Waals surface area contributed by atoms with Gasteiger partial charge in [0.05, 0.1) is 0 Å². The van der Waals surface area contributed by atoms with Crippen LogP contribution in [0.2, 0.25) is 0 Å². The molecule has 1 saturated carbocycles. The third-order valence-corrected chi connectivity index (χ3v) is 3.53. The van der Waals surface area contributed by atoms with Gasteiger partial charge in [0.2, 0.25) is 0 Å². The number of amides is 2. The Balaban J connectivity index is 1.74. The highest BCUT2D eigenvalue weighted by Crippen LogP contribution is 2.34. The van der Waals surface area contributed by atoms with E-state index < -0.39 is 0 Å². The van der Waals surface area contributed by atoms with Crippen LogP contribution in [-0.2, 0) is 0 Å². The molecule has 2 amide bonds. The lowest BCUT2D eigenvalue weighted by atomic mass is 10.1. The third kappa shape index (κ3) is 3.11. The second kappa shape index (κ2) is 4.86. The Kier molecular flexibility index (Phi) is 3.49. The summed E-state index contributed by atoms with van der Waals surface area (Å²) in [5.74, 6) is 0.897. The number of nitrogens with zero attached hydrogens (tertiary/aromatic N) is 1. The molecule has 0 aromatic rings. The Morgan fingerprint density at radius 1 is 1.40 bits per heavy atom. The minimum Gasteiger partial charge on any atom is -0.335 e. The Morgan fingerprint density at radius 3 is 2.60 bits per heavy atom. The molecule has 1 aliphatic heterocycles. The van der Waals surface area contributed by atoms with Crippen LogP contribution in [-0.4, -0.2) is 30.1 Å². The van der Waals surface area contributed by atoms with Crippen LogP contribution in [0.1, 0.15) is 45.4 Å². The molecule has 0 aromatic heterocycles. The zero-order valence-electron chi connectivity index (χ0n) is 9.67. The molecule has 86 valence electrons. The van der Waals surface area contributed by atoms with Crippen LogP contribution in [0.25, 0.3) is 0 Å². The average Bonchev–Trinajstić information content (AvgIpc) is 2.88. The molecule has 1 heterocycles. The van der Waals surface area contributed by atoms with E-state index in [0.29, 0.717) is 6.04 Å². The van der Waals surface area contributed by atoms with Crippen LogP contribution >= 0.6 is 0 Å². The molecule has 0 aromatic carbocycles. The maximum Gasteiger partial charge on any atom is 0.317 e. The summed E-state index contributed by atoms with van der Waals surface area (Å²) in [6.07, 6.45) is 7.35. The smallest absolute Gasteiger partial charge is 0.317 e. The van der Waals surface area contributed by atoms with Crippen molar-refractivity contribution in [2.24, 2.45) is 5.92 Å². The summed E-state index contributed by atoms with van der Waals surface area (Å²) < 4.78 is 0. The predicted octanol–water partition coefficient (Wildman–Crippen LogP) is 2.37. The molecule has 0 spiro atoms. The molecule has 3 heteroatoms. The first-order valence-electron chi connectivity index (χ1n) is 6.35. The topological polar surface area (TPSA) is 32.3 Å². The van der Waals surface area contributed by atoms with E-state index in [1.807, 2.05) is 4.90 Å². The fraction of sp³-hybridized carbons (Fsp3) is 0.917. The standard InChI is InChI=1S/C12H22N2O/c1-2-11(9-10-5-6-10)13-12(15)14-7-3-4-8-14/h10-11H,2-9H2,1H3,(H,13,15). The molecule has 0 bridgehead atoms. The van der Waals surface area contributed by atoms with E-state index >= 15 is 0 Å². The first kappa shape index (κ1) is 10.8. The van der Waals surface area contributed by atoms with Gasteiger partial charge in [-0.1, -0.05) is 19.8 Å². The zero-order valence-corrected chi connectivity index (χ0v) is 9.67. The zero-order chi connectivity index (χ0) is 10.7. The molecule has 1 atom stereocenters. The molecule has 3 nitrogen and oxygen atoms in total. The van der Waals surface area contributed by atoms with Gasteiger partial charge in [-0.25, -0.2) is 4.79 Å². The van der Waals surface area contributed by atoms with Crippen LogP contribution in [0.3, 0.4) is 0 Å². The van der Waals surface area contributed by atoms with Gasteiger partial charge in [0.25, 0.3) is 0 Å². The van der Waals surface area contributed by atoms with E-state index in [1.165, 1.54) is 32.1 Å². The summed E-state index contributed by atoms with van der Waals surface area (Å²) in [5.41, 5.74) is 0. The predicted molar refractivity (Wildman–Crippen MR) is 60.8 cm³/mol. The molecule has 1 N–H and O–H groups in total. The number of carbonyl (C=O) groups excluding carboxylic acids is 1. The first-order valence-corrected chi connectivity index (χ1v) is 6.35. The van der Waals surface area contributed by atoms with E-state index in [-0.39, 0.29) is 6.03 Å². The van der Waals surface area contributed by atoms with Crippen molar-refractivity contribution in [3.63, 3.8) is 0 Å².